The molecule has 1 N–H and O–H groups in total. The van der Waals surface area contributed by atoms with Crippen molar-refractivity contribution in [3.63, 3.8) is 0 Å². The summed E-state index contributed by atoms with van der Waals surface area (Å²) in [5.74, 6) is 0.0276. The van der Waals surface area contributed by atoms with E-state index < -0.39 is 5.41 Å². The Balaban J connectivity index is 3.03. The molecule has 0 atom stereocenters. The van der Waals surface area contributed by atoms with Gasteiger partial charge in [0.25, 0.3) is 0 Å². The van der Waals surface area contributed by atoms with Gasteiger partial charge in [0.05, 0.1) is 5.41 Å². The topological polar surface area (TPSA) is 29.1 Å². The molecule has 0 aromatic heterocycles. The van der Waals surface area contributed by atoms with Crippen LogP contribution >= 0.6 is 15.9 Å². The van der Waals surface area contributed by atoms with Crippen molar-refractivity contribution in [1.82, 2.24) is 5.32 Å². The number of nitrogens with one attached hydrogen (secondary N) is 1. The van der Waals surface area contributed by atoms with E-state index in [9.17, 15) is 4.79 Å². The van der Waals surface area contributed by atoms with Crippen LogP contribution in [0.3, 0.4) is 0 Å². The lowest BCUT2D eigenvalue weighted by Crippen LogP contribution is -2.37. The second kappa shape index (κ2) is 4.13. The van der Waals surface area contributed by atoms with Gasteiger partial charge < -0.3 is 5.32 Å². The molecule has 0 saturated heterocycles. The van der Waals surface area contributed by atoms with E-state index in [4.69, 9.17) is 0 Å². The van der Waals surface area contributed by atoms with Crippen molar-refractivity contribution in [1.29, 1.82) is 0 Å². The highest BCUT2D eigenvalue weighted by Crippen LogP contribution is 2.24. The van der Waals surface area contributed by atoms with Gasteiger partial charge in [-0.1, -0.05) is 28.1 Å². The van der Waals surface area contributed by atoms with Crippen LogP contribution in [0.1, 0.15) is 19.4 Å². The number of likely N-dealkylation sites (N-methyl/N-ethyl adjacent to an activating group) is 1. The third-order valence-electron chi connectivity index (χ3n) is 2.36. The van der Waals surface area contributed by atoms with Crippen molar-refractivity contribution >= 4 is 21.8 Å². The van der Waals surface area contributed by atoms with E-state index in [0.717, 1.165) is 10.0 Å². The highest BCUT2D eigenvalue weighted by molar-refractivity contribution is 9.10. The summed E-state index contributed by atoms with van der Waals surface area (Å²) in [6.45, 7) is 3.82. The van der Waals surface area contributed by atoms with Gasteiger partial charge in [-0.05, 0) is 31.5 Å². The van der Waals surface area contributed by atoms with Crippen molar-refractivity contribution < 1.29 is 4.79 Å². The fraction of sp³-hybridized carbons (Fsp3) is 0.364. The third-order valence-corrected chi connectivity index (χ3v) is 2.89. The molecule has 1 aromatic rings. The number of halogens is 1. The maximum absolute atomic E-state index is 11.6. The van der Waals surface area contributed by atoms with E-state index in [-0.39, 0.29) is 5.91 Å². The van der Waals surface area contributed by atoms with Crippen molar-refractivity contribution in [3.8, 4) is 0 Å². The predicted molar refractivity (Wildman–Crippen MR) is 61.2 cm³/mol. The monoisotopic (exact) mass is 255 g/mol. The first-order valence-corrected chi connectivity index (χ1v) is 5.26. The Bertz CT molecular complexity index is 330. The summed E-state index contributed by atoms with van der Waals surface area (Å²) in [5.41, 5.74) is 0.537. The van der Waals surface area contributed by atoms with Gasteiger partial charge in [-0.3, -0.25) is 4.79 Å². The number of hydrogen-bond donors (Lipinski definition) is 1. The molecule has 0 unspecified atom stereocenters. The first-order valence-electron chi connectivity index (χ1n) is 4.46. The van der Waals surface area contributed by atoms with Crippen LogP contribution in [0.15, 0.2) is 28.7 Å². The zero-order chi connectivity index (χ0) is 10.8. The first kappa shape index (κ1) is 11.2. The lowest BCUT2D eigenvalue weighted by molar-refractivity contribution is -0.125. The summed E-state index contributed by atoms with van der Waals surface area (Å²) in [5, 5.41) is 2.67. The molecule has 1 rings (SSSR count). The molecular formula is C11H14BrNO. The van der Waals surface area contributed by atoms with Crippen molar-refractivity contribution in [2.24, 2.45) is 0 Å². The summed E-state index contributed by atoms with van der Waals surface area (Å²) >= 11 is 3.37. The number of benzene rings is 1. The highest BCUT2D eigenvalue weighted by Gasteiger charge is 2.28. The van der Waals surface area contributed by atoms with Gasteiger partial charge in [-0.25, -0.2) is 0 Å². The Kier molecular flexibility index (Phi) is 3.32. The minimum absolute atomic E-state index is 0.0276. The van der Waals surface area contributed by atoms with E-state index in [1.54, 1.807) is 7.05 Å². The second-order valence-electron chi connectivity index (χ2n) is 3.71. The van der Waals surface area contributed by atoms with Crippen LogP contribution in [0.2, 0.25) is 0 Å². The average Bonchev–Trinajstić information content (AvgIpc) is 2.17. The highest BCUT2D eigenvalue weighted by atomic mass is 79.9. The molecular weight excluding hydrogens is 242 g/mol. The Labute approximate surface area is 92.8 Å². The average molecular weight is 256 g/mol. The van der Waals surface area contributed by atoms with Crippen molar-refractivity contribution in [2.45, 2.75) is 19.3 Å². The smallest absolute Gasteiger partial charge is 0.229 e. The summed E-state index contributed by atoms with van der Waals surface area (Å²) < 4.78 is 1.02. The fourth-order valence-electron chi connectivity index (χ4n) is 1.31. The molecule has 3 heteroatoms. The van der Waals surface area contributed by atoms with Gasteiger partial charge in [-0.2, -0.15) is 0 Å². The molecule has 0 saturated carbocycles. The molecule has 0 fully saturated rings. The van der Waals surface area contributed by atoms with E-state index in [1.807, 2.05) is 38.1 Å². The lowest BCUT2D eigenvalue weighted by Gasteiger charge is -2.23. The molecule has 76 valence electrons. The van der Waals surface area contributed by atoms with Gasteiger partial charge in [0.15, 0.2) is 0 Å². The second-order valence-corrected chi connectivity index (χ2v) is 4.63. The van der Waals surface area contributed by atoms with Gasteiger partial charge in [0.1, 0.15) is 0 Å². The molecule has 0 heterocycles. The zero-order valence-electron chi connectivity index (χ0n) is 8.60. The molecule has 14 heavy (non-hydrogen) atoms. The minimum Gasteiger partial charge on any atom is -0.358 e. The van der Waals surface area contributed by atoms with Gasteiger partial charge in [-0.15, -0.1) is 0 Å². The molecule has 0 aliphatic heterocycles. The number of rotatable bonds is 2. The van der Waals surface area contributed by atoms with E-state index in [2.05, 4.69) is 21.2 Å². The fourth-order valence-corrected chi connectivity index (χ4v) is 1.57. The van der Waals surface area contributed by atoms with Gasteiger partial charge in [0.2, 0.25) is 5.91 Å². The molecule has 2 nitrogen and oxygen atoms in total. The molecule has 0 aliphatic carbocycles. The number of carbonyl (C=O) groups excluding carboxylic acids is 1. The van der Waals surface area contributed by atoms with Gasteiger partial charge in [0, 0.05) is 11.5 Å². The van der Waals surface area contributed by atoms with Crippen molar-refractivity contribution in [2.75, 3.05) is 7.05 Å². The van der Waals surface area contributed by atoms with Crippen LogP contribution in [0.5, 0.6) is 0 Å². The van der Waals surface area contributed by atoms with Crippen LogP contribution < -0.4 is 5.32 Å². The number of carbonyl (C=O) groups is 1. The Morgan fingerprint density at radius 3 is 2.21 bits per heavy atom. The molecule has 1 amide bonds. The summed E-state index contributed by atoms with van der Waals surface area (Å²) in [6.07, 6.45) is 0. The summed E-state index contributed by atoms with van der Waals surface area (Å²) in [7, 11) is 1.66. The third kappa shape index (κ3) is 2.15. The first-order chi connectivity index (χ1) is 6.48. The molecule has 0 spiro atoms. The van der Waals surface area contributed by atoms with Gasteiger partial charge >= 0.3 is 0 Å². The standard InChI is InChI=1S/C11H14BrNO/c1-11(2,10(14)13-3)8-4-6-9(12)7-5-8/h4-7H,1-3H3,(H,13,14). The van der Waals surface area contributed by atoms with Crippen LogP contribution in [0, 0.1) is 0 Å². The summed E-state index contributed by atoms with van der Waals surface area (Å²) in [6, 6.07) is 7.80. The maximum atomic E-state index is 11.6. The molecule has 0 radical (unpaired) electrons. The molecule has 1 aromatic carbocycles. The van der Waals surface area contributed by atoms with Crippen LogP contribution in [-0.4, -0.2) is 13.0 Å². The minimum atomic E-state index is -0.477. The van der Waals surface area contributed by atoms with Crippen molar-refractivity contribution in [3.05, 3.63) is 34.3 Å². The van der Waals surface area contributed by atoms with Crippen LogP contribution in [0.25, 0.3) is 0 Å². The van der Waals surface area contributed by atoms with E-state index in [0.29, 0.717) is 0 Å². The molecule has 0 bridgehead atoms. The van der Waals surface area contributed by atoms with Crippen LogP contribution in [0.4, 0.5) is 0 Å². The predicted octanol–water partition coefficient (Wildman–Crippen LogP) is 2.47. The summed E-state index contributed by atoms with van der Waals surface area (Å²) in [4.78, 5) is 11.6. The lowest BCUT2D eigenvalue weighted by atomic mass is 9.84. The Hall–Kier alpha value is -0.830. The van der Waals surface area contributed by atoms with Crippen LogP contribution in [-0.2, 0) is 10.2 Å². The Morgan fingerprint density at radius 1 is 1.29 bits per heavy atom. The SMILES string of the molecule is CNC(=O)C(C)(C)c1ccc(Br)cc1. The Morgan fingerprint density at radius 2 is 1.79 bits per heavy atom. The molecule has 0 aliphatic rings. The maximum Gasteiger partial charge on any atom is 0.229 e. The largest absolute Gasteiger partial charge is 0.358 e. The van der Waals surface area contributed by atoms with E-state index >= 15 is 0 Å². The number of amides is 1. The van der Waals surface area contributed by atoms with E-state index in [1.165, 1.54) is 0 Å². The quantitative estimate of drug-likeness (QED) is 0.865. The number of hydrogen-bond acceptors (Lipinski definition) is 1. The zero-order valence-corrected chi connectivity index (χ0v) is 10.2. The normalized spacial score (nSPS) is 11.1.